The Morgan fingerprint density at radius 3 is 2.64 bits per heavy atom. The van der Waals surface area contributed by atoms with Gasteiger partial charge >= 0.3 is 0 Å². The quantitative estimate of drug-likeness (QED) is 0.865. The SMILES string of the molecule is Cc1cccc(C(=O)N2CCN(Cc3ccc(Cl)s3)CC2)n1. The summed E-state index contributed by atoms with van der Waals surface area (Å²) in [5.74, 6) is 0.0301. The molecule has 1 saturated heterocycles. The molecular weight excluding hydrogens is 318 g/mol. The third-order valence-corrected chi connectivity index (χ3v) is 4.99. The van der Waals surface area contributed by atoms with Crippen molar-refractivity contribution < 1.29 is 4.79 Å². The number of amides is 1. The Morgan fingerprint density at radius 1 is 1.23 bits per heavy atom. The Kier molecular flexibility index (Phi) is 4.76. The minimum absolute atomic E-state index is 0.0301. The van der Waals surface area contributed by atoms with Gasteiger partial charge in [-0.3, -0.25) is 9.69 Å². The first kappa shape index (κ1) is 15.5. The number of pyridine rings is 1. The van der Waals surface area contributed by atoms with Crippen molar-refractivity contribution in [2.75, 3.05) is 26.2 Å². The maximum absolute atomic E-state index is 12.4. The molecule has 6 heteroatoms. The number of aromatic nitrogens is 1. The van der Waals surface area contributed by atoms with Crippen LogP contribution in [0, 0.1) is 6.92 Å². The van der Waals surface area contributed by atoms with E-state index in [9.17, 15) is 4.79 Å². The maximum atomic E-state index is 12.4. The molecule has 1 fully saturated rings. The van der Waals surface area contributed by atoms with Crippen LogP contribution in [0.3, 0.4) is 0 Å². The van der Waals surface area contributed by atoms with Crippen LogP contribution < -0.4 is 0 Å². The van der Waals surface area contributed by atoms with E-state index >= 15 is 0 Å². The van der Waals surface area contributed by atoms with Crippen LogP contribution in [0.15, 0.2) is 30.3 Å². The number of aryl methyl sites for hydroxylation is 1. The summed E-state index contributed by atoms with van der Waals surface area (Å²) in [7, 11) is 0. The Morgan fingerprint density at radius 2 is 2.00 bits per heavy atom. The Labute approximate surface area is 139 Å². The van der Waals surface area contributed by atoms with E-state index in [0.717, 1.165) is 42.8 Å². The predicted molar refractivity (Wildman–Crippen MR) is 89.5 cm³/mol. The second-order valence-corrected chi connectivity index (χ2v) is 7.24. The highest BCUT2D eigenvalue weighted by atomic mass is 35.5. The van der Waals surface area contributed by atoms with Crippen LogP contribution in [0.2, 0.25) is 4.34 Å². The molecule has 0 aliphatic carbocycles. The smallest absolute Gasteiger partial charge is 0.272 e. The lowest BCUT2D eigenvalue weighted by Crippen LogP contribution is -2.48. The summed E-state index contributed by atoms with van der Waals surface area (Å²) < 4.78 is 0.828. The molecule has 0 bridgehead atoms. The van der Waals surface area contributed by atoms with E-state index in [0.29, 0.717) is 5.69 Å². The number of rotatable bonds is 3. The van der Waals surface area contributed by atoms with Crippen LogP contribution in [0.5, 0.6) is 0 Å². The van der Waals surface area contributed by atoms with Crippen molar-refractivity contribution in [2.45, 2.75) is 13.5 Å². The molecule has 116 valence electrons. The summed E-state index contributed by atoms with van der Waals surface area (Å²) >= 11 is 7.58. The van der Waals surface area contributed by atoms with Gasteiger partial charge in [-0.05, 0) is 31.2 Å². The van der Waals surface area contributed by atoms with Gasteiger partial charge in [-0.2, -0.15) is 0 Å². The molecule has 3 rings (SSSR count). The number of carbonyl (C=O) groups is 1. The molecule has 1 aliphatic heterocycles. The molecule has 0 radical (unpaired) electrons. The van der Waals surface area contributed by atoms with E-state index in [1.54, 1.807) is 17.4 Å². The molecular formula is C16H18ClN3OS. The van der Waals surface area contributed by atoms with E-state index in [-0.39, 0.29) is 5.91 Å². The van der Waals surface area contributed by atoms with Gasteiger partial charge in [-0.15, -0.1) is 11.3 Å². The fraction of sp³-hybridized carbons (Fsp3) is 0.375. The highest BCUT2D eigenvalue weighted by molar-refractivity contribution is 7.16. The summed E-state index contributed by atoms with van der Waals surface area (Å²) in [4.78, 5) is 22.3. The predicted octanol–water partition coefficient (Wildman–Crippen LogP) is 3.06. The third kappa shape index (κ3) is 3.66. The Bertz CT molecular complexity index is 665. The van der Waals surface area contributed by atoms with E-state index in [1.807, 2.05) is 30.0 Å². The minimum atomic E-state index is 0.0301. The molecule has 1 amide bonds. The highest BCUT2D eigenvalue weighted by Gasteiger charge is 2.23. The van der Waals surface area contributed by atoms with Gasteiger partial charge in [0, 0.05) is 43.3 Å². The summed E-state index contributed by atoms with van der Waals surface area (Å²) in [6.07, 6.45) is 0. The number of hydrogen-bond acceptors (Lipinski definition) is 4. The van der Waals surface area contributed by atoms with E-state index < -0.39 is 0 Å². The average molecular weight is 336 g/mol. The van der Waals surface area contributed by atoms with Gasteiger partial charge in [0.25, 0.3) is 5.91 Å². The number of nitrogens with zero attached hydrogens (tertiary/aromatic N) is 3. The van der Waals surface area contributed by atoms with Crippen LogP contribution >= 0.6 is 22.9 Å². The first-order chi connectivity index (χ1) is 10.6. The van der Waals surface area contributed by atoms with Crippen LogP contribution in [-0.2, 0) is 6.54 Å². The molecule has 0 N–H and O–H groups in total. The molecule has 2 aromatic rings. The lowest BCUT2D eigenvalue weighted by Gasteiger charge is -2.34. The first-order valence-corrected chi connectivity index (χ1v) is 8.51. The van der Waals surface area contributed by atoms with Crippen molar-refractivity contribution in [2.24, 2.45) is 0 Å². The van der Waals surface area contributed by atoms with Gasteiger partial charge in [0.2, 0.25) is 0 Å². The molecule has 0 atom stereocenters. The van der Waals surface area contributed by atoms with Gasteiger partial charge in [-0.1, -0.05) is 17.7 Å². The molecule has 0 spiro atoms. The van der Waals surface area contributed by atoms with Crippen molar-refractivity contribution in [1.29, 1.82) is 0 Å². The van der Waals surface area contributed by atoms with Crippen LogP contribution in [0.1, 0.15) is 21.1 Å². The highest BCUT2D eigenvalue weighted by Crippen LogP contribution is 2.23. The zero-order chi connectivity index (χ0) is 15.5. The maximum Gasteiger partial charge on any atom is 0.272 e. The number of halogens is 1. The van der Waals surface area contributed by atoms with Gasteiger partial charge in [0.05, 0.1) is 4.34 Å². The van der Waals surface area contributed by atoms with Crippen LogP contribution in [-0.4, -0.2) is 46.9 Å². The molecule has 3 heterocycles. The summed E-state index contributed by atoms with van der Waals surface area (Å²) in [5, 5.41) is 0. The molecule has 4 nitrogen and oxygen atoms in total. The van der Waals surface area contributed by atoms with Crippen molar-refractivity contribution >= 4 is 28.8 Å². The molecule has 0 saturated carbocycles. The summed E-state index contributed by atoms with van der Waals surface area (Å²) in [5.41, 5.74) is 1.41. The van der Waals surface area contributed by atoms with Gasteiger partial charge in [0.1, 0.15) is 5.69 Å². The van der Waals surface area contributed by atoms with E-state index in [1.165, 1.54) is 4.88 Å². The van der Waals surface area contributed by atoms with Crippen LogP contribution in [0.25, 0.3) is 0 Å². The van der Waals surface area contributed by atoms with Crippen molar-refractivity contribution in [3.05, 3.63) is 50.9 Å². The minimum Gasteiger partial charge on any atom is -0.335 e. The van der Waals surface area contributed by atoms with Crippen molar-refractivity contribution in [3.8, 4) is 0 Å². The van der Waals surface area contributed by atoms with Gasteiger partial charge < -0.3 is 4.90 Å². The molecule has 2 aromatic heterocycles. The summed E-state index contributed by atoms with van der Waals surface area (Å²) in [6, 6.07) is 9.58. The fourth-order valence-corrected chi connectivity index (χ4v) is 3.72. The van der Waals surface area contributed by atoms with Gasteiger partial charge in [-0.25, -0.2) is 4.98 Å². The Hall–Kier alpha value is -1.43. The lowest BCUT2D eigenvalue weighted by molar-refractivity contribution is 0.0623. The first-order valence-electron chi connectivity index (χ1n) is 7.31. The van der Waals surface area contributed by atoms with Gasteiger partial charge in [0.15, 0.2) is 0 Å². The molecule has 0 aromatic carbocycles. The second kappa shape index (κ2) is 6.77. The number of carbonyl (C=O) groups excluding carboxylic acids is 1. The monoisotopic (exact) mass is 335 g/mol. The van der Waals surface area contributed by atoms with E-state index in [4.69, 9.17) is 11.6 Å². The zero-order valence-corrected chi connectivity index (χ0v) is 14.0. The normalized spacial score (nSPS) is 16.0. The number of hydrogen-bond donors (Lipinski definition) is 0. The number of piperazine rings is 1. The molecule has 1 aliphatic rings. The van der Waals surface area contributed by atoms with Crippen molar-refractivity contribution in [3.63, 3.8) is 0 Å². The third-order valence-electron chi connectivity index (χ3n) is 3.78. The Balaban J connectivity index is 1.56. The summed E-state index contributed by atoms with van der Waals surface area (Å²) in [6.45, 7) is 6.06. The average Bonchev–Trinajstić information content (AvgIpc) is 2.92. The van der Waals surface area contributed by atoms with Crippen molar-refractivity contribution in [1.82, 2.24) is 14.8 Å². The largest absolute Gasteiger partial charge is 0.335 e. The molecule has 22 heavy (non-hydrogen) atoms. The topological polar surface area (TPSA) is 36.4 Å². The van der Waals surface area contributed by atoms with E-state index in [2.05, 4.69) is 16.0 Å². The fourth-order valence-electron chi connectivity index (χ4n) is 2.59. The second-order valence-electron chi connectivity index (χ2n) is 5.44. The standard InChI is InChI=1S/C16H18ClN3OS/c1-12-3-2-4-14(18-12)16(21)20-9-7-19(8-10-20)11-13-5-6-15(17)22-13/h2-6H,7-11H2,1H3. The number of thiophene rings is 1. The lowest BCUT2D eigenvalue weighted by atomic mass is 10.2. The molecule has 0 unspecified atom stereocenters. The van der Waals surface area contributed by atoms with Crippen LogP contribution in [0.4, 0.5) is 0 Å². The zero-order valence-electron chi connectivity index (χ0n) is 12.5.